The smallest absolute Gasteiger partial charge is 0.164 e. The van der Waals surface area contributed by atoms with Crippen LogP contribution < -0.4 is 0 Å². The summed E-state index contributed by atoms with van der Waals surface area (Å²) in [5, 5.41) is 13.8. The van der Waals surface area contributed by atoms with E-state index in [9.17, 15) is 9.90 Å². The van der Waals surface area contributed by atoms with E-state index in [-0.39, 0.29) is 47.9 Å². The predicted octanol–water partition coefficient (Wildman–Crippen LogP) is 14.3. The monoisotopic (exact) mass is 895 g/mol. The van der Waals surface area contributed by atoms with Gasteiger partial charge in [-0.3, -0.25) is 9.78 Å². The Morgan fingerprint density at radius 2 is 1.52 bits per heavy atom. The Morgan fingerprint density at radius 1 is 0.885 bits per heavy atom. The second kappa shape index (κ2) is 17.8. The number of thiophene rings is 1. The first kappa shape index (κ1) is 43.3. The topological polar surface area (TPSA) is 50.2 Å². The van der Waals surface area contributed by atoms with Gasteiger partial charge in [-0.05, 0) is 84.6 Å². The minimum Gasteiger partial charge on any atom is -0.512 e. The van der Waals surface area contributed by atoms with Crippen LogP contribution in [0.4, 0.5) is 0 Å². The Bertz CT molecular complexity index is 2000. The van der Waals surface area contributed by atoms with Crippen molar-refractivity contribution in [1.82, 2.24) is 4.98 Å². The molecule has 0 saturated heterocycles. The van der Waals surface area contributed by atoms with Crippen LogP contribution in [0.15, 0.2) is 78.7 Å². The number of nitrogens with zero attached hydrogens (tertiary/aromatic N) is 1. The fourth-order valence-electron chi connectivity index (χ4n) is 6.56. The third kappa shape index (κ3) is 9.90. The van der Waals surface area contributed by atoms with Crippen LogP contribution in [0, 0.1) is 29.2 Å². The minimum atomic E-state index is -0.337. The van der Waals surface area contributed by atoms with Crippen molar-refractivity contribution in [2.45, 2.75) is 121 Å². The van der Waals surface area contributed by atoms with Crippen molar-refractivity contribution in [3.8, 4) is 21.7 Å². The third-order valence-electron chi connectivity index (χ3n) is 11.0. The van der Waals surface area contributed by atoms with E-state index in [0.717, 1.165) is 48.7 Å². The number of aryl methyl sites for hydroxylation is 1. The number of carbonyl (C=O) groups is 1. The molecule has 0 saturated carbocycles. The van der Waals surface area contributed by atoms with Gasteiger partial charge in [0.05, 0.1) is 0 Å². The van der Waals surface area contributed by atoms with Gasteiger partial charge >= 0.3 is 0 Å². The first-order valence-electron chi connectivity index (χ1n) is 18.9. The summed E-state index contributed by atoms with van der Waals surface area (Å²) in [5.74, 6) is 0.722. The zero-order chi connectivity index (χ0) is 37.7. The number of rotatable bonds is 11. The third-order valence-corrected chi connectivity index (χ3v) is 12.2. The molecule has 3 nitrogen and oxygen atoms in total. The summed E-state index contributed by atoms with van der Waals surface area (Å²) in [6, 6.07) is 25.9. The van der Waals surface area contributed by atoms with E-state index < -0.39 is 0 Å². The molecule has 0 aliphatic rings. The SMILES string of the molecule is CCC(C)(CC)C(=O)/C=C(\O)C(C)(CC)CC.Cc1cc(CC(C)(C)C)ccc1-c1cc2ccnc(-c3[c-]c4ccccc4c(C(C)C)c3)c2s1.[Ir]. The van der Waals surface area contributed by atoms with Crippen molar-refractivity contribution in [2.24, 2.45) is 16.2 Å². The van der Waals surface area contributed by atoms with Crippen LogP contribution in [-0.4, -0.2) is 15.9 Å². The molecule has 0 fully saturated rings. The number of carbonyl (C=O) groups excluding carboxylic acids is 1. The Balaban J connectivity index is 0.000000347. The summed E-state index contributed by atoms with van der Waals surface area (Å²) in [4.78, 5) is 18.3. The maximum atomic E-state index is 12.2. The molecule has 2 heterocycles. The summed E-state index contributed by atoms with van der Waals surface area (Å²) in [5.41, 5.74) is 7.21. The van der Waals surface area contributed by atoms with Crippen LogP contribution in [-0.2, 0) is 31.3 Å². The molecule has 0 aliphatic carbocycles. The molecule has 0 amide bonds. The minimum absolute atomic E-state index is 0. The van der Waals surface area contributed by atoms with Crippen molar-refractivity contribution in [3.05, 3.63) is 101 Å². The van der Waals surface area contributed by atoms with Crippen LogP contribution in [0.1, 0.15) is 124 Å². The maximum Gasteiger partial charge on any atom is 0.164 e. The van der Waals surface area contributed by atoms with Gasteiger partial charge in [0.25, 0.3) is 0 Å². The molecular formula is C47H60IrNO2S-. The summed E-state index contributed by atoms with van der Waals surface area (Å²) >= 11 is 1.84. The zero-order valence-corrected chi connectivity index (χ0v) is 36.8. The number of allylic oxidation sites excluding steroid dienone is 2. The summed E-state index contributed by atoms with van der Waals surface area (Å²) in [6.07, 6.45) is 7.78. The van der Waals surface area contributed by atoms with Gasteiger partial charge in [-0.1, -0.05) is 124 Å². The Hall–Kier alpha value is -3.11. The summed E-state index contributed by atoms with van der Waals surface area (Å²) < 4.78 is 1.23. The zero-order valence-electron chi connectivity index (χ0n) is 33.6. The first-order chi connectivity index (χ1) is 24.0. The number of hydrogen-bond acceptors (Lipinski definition) is 4. The second-order valence-corrected chi connectivity index (χ2v) is 17.4. The molecule has 2 aromatic heterocycles. The summed E-state index contributed by atoms with van der Waals surface area (Å²) in [6.45, 7) is 25.7. The second-order valence-electron chi connectivity index (χ2n) is 16.3. The van der Waals surface area contributed by atoms with E-state index in [2.05, 4.69) is 108 Å². The van der Waals surface area contributed by atoms with Crippen molar-refractivity contribution in [1.29, 1.82) is 0 Å². The quantitative estimate of drug-likeness (QED) is 0.0816. The van der Waals surface area contributed by atoms with Crippen LogP contribution in [0.3, 0.4) is 0 Å². The Morgan fingerprint density at radius 3 is 2.10 bits per heavy atom. The van der Waals surface area contributed by atoms with E-state index in [1.165, 1.54) is 48.7 Å². The average Bonchev–Trinajstić information content (AvgIpc) is 3.54. The van der Waals surface area contributed by atoms with Crippen LogP contribution in [0.2, 0.25) is 0 Å². The van der Waals surface area contributed by atoms with Crippen LogP contribution >= 0.6 is 11.3 Å². The molecule has 0 aliphatic heterocycles. The first-order valence-corrected chi connectivity index (χ1v) is 19.7. The van der Waals surface area contributed by atoms with Gasteiger partial charge < -0.3 is 5.11 Å². The normalized spacial score (nSPS) is 12.5. The van der Waals surface area contributed by atoms with Gasteiger partial charge in [-0.25, -0.2) is 0 Å². The molecule has 0 bridgehead atoms. The molecular weight excluding hydrogens is 835 g/mol. The van der Waals surface area contributed by atoms with E-state index in [1.54, 1.807) is 0 Å². The molecule has 52 heavy (non-hydrogen) atoms. The van der Waals surface area contributed by atoms with Crippen LogP contribution in [0.5, 0.6) is 0 Å². The number of aliphatic hydroxyl groups is 1. The van der Waals surface area contributed by atoms with Gasteiger partial charge in [0.2, 0.25) is 0 Å². The van der Waals surface area contributed by atoms with E-state index in [1.807, 2.05) is 59.1 Å². The number of aliphatic hydroxyl groups excluding tert-OH is 1. The van der Waals surface area contributed by atoms with Gasteiger partial charge in [-0.2, -0.15) is 0 Å². The van der Waals surface area contributed by atoms with E-state index in [0.29, 0.717) is 5.92 Å². The molecule has 5 aromatic rings. The number of benzene rings is 3. The van der Waals surface area contributed by atoms with Crippen molar-refractivity contribution >= 4 is 38.0 Å². The Kier molecular flexibility index (Phi) is 14.8. The Labute approximate surface area is 331 Å². The number of pyridine rings is 1. The molecule has 5 rings (SSSR count). The fourth-order valence-corrected chi connectivity index (χ4v) is 7.81. The van der Waals surface area contributed by atoms with Crippen molar-refractivity contribution < 1.29 is 30.0 Å². The summed E-state index contributed by atoms with van der Waals surface area (Å²) in [7, 11) is 0. The molecule has 0 unspecified atom stereocenters. The van der Waals surface area contributed by atoms with Gasteiger partial charge in [-0.15, -0.1) is 40.5 Å². The molecule has 0 atom stereocenters. The number of hydrogen-bond donors (Lipinski definition) is 1. The van der Waals surface area contributed by atoms with Gasteiger partial charge in [0.15, 0.2) is 5.78 Å². The van der Waals surface area contributed by atoms with Crippen molar-refractivity contribution in [2.75, 3.05) is 0 Å². The van der Waals surface area contributed by atoms with E-state index in [4.69, 9.17) is 4.98 Å². The average molecular weight is 895 g/mol. The molecule has 3 aromatic carbocycles. The van der Waals surface area contributed by atoms with Crippen molar-refractivity contribution in [3.63, 3.8) is 0 Å². The largest absolute Gasteiger partial charge is 0.512 e. The molecule has 0 spiro atoms. The van der Waals surface area contributed by atoms with Gasteiger partial charge in [0, 0.05) is 58.5 Å². The van der Waals surface area contributed by atoms with Gasteiger partial charge in [0.1, 0.15) is 5.76 Å². The molecule has 1 radical (unpaired) electrons. The number of aromatic nitrogens is 1. The molecule has 5 heteroatoms. The maximum absolute atomic E-state index is 12.2. The standard InChI is InChI=1S/C32H32NS.C15H28O2.Ir/c1-20(2)28-17-25(16-23-9-7-8-10-27(23)28)30-31-24(13-14-33-30)18-29(34-31)26-12-11-22(15-21(26)3)19-32(4,5)6;1-7-14(5,8-2)12(16)11-13(17)15(6,9-3)10-4;/h7-15,17-18,20H,19H2,1-6H3;11,16H,7-10H2,1-6H3;/q-1;;/b;12-11-;. The number of ketones is 1. The fraction of sp³-hybridized carbons (Fsp3) is 0.447. The van der Waals surface area contributed by atoms with E-state index >= 15 is 0 Å². The number of fused-ring (bicyclic) bond motifs is 2. The van der Waals surface area contributed by atoms with Crippen LogP contribution in [0.25, 0.3) is 42.6 Å². The predicted molar refractivity (Wildman–Crippen MR) is 222 cm³/mol. The molecule has 281 valence electrons. The molecule has 1 N–H and O–H groups in total.